The van der Waals surface area contributed by atoms with Gasteiger partial charge in [-0.1, -0.05) is 6.42 Å². The van der Waals surface area contributed by atoms with Crippen molar-refractivity contribution in [2.75, 3.05) is 6.61 Å². The number of aliphatic hydroxyl groups is 2. The van der Waals surface area contributed by atoms with Crippen LogP contribution in [0.4, 0.5) is 0 Å². The zero-order valence-electron chi connectivity index (χ0n) is 8.72. The predicted octanol–water partition coefficient (Wildman–Crippen LogP) is 0.976. The molecule has 0 bridgehead atoms. The lowest BCUT2D eigenvalue weighted by molar-refractivity contribution is -0.168. The van der Waals surface area contributed by atoms with Gasteiger partial charge in [0.05, 0.1) is 0 Å². The van der Waals surface area contributed by atoms with E-state index in [4.69, 9.17) is 9.84 Å². The molecule has 0 saturated heterocycles. The zero-order chi connectivity index (χ0) is 11.9. The van der Waals surface area contributed by atoms with E-state index >= 15 is 0 Å². The topological polar surface area (TPSA) is 66.8 Å². The van der Waals surface area contributed by atoms with Crippen LogP contribution < -0.4 is 0 Å². The summed E-state index contributed by atoms with van der Waals surface area (Å²) in [6, 6.07) is 0. The normalized spacial score (nSPS) is 13.7. The van der Waals surface area contributed by atoms with E-state index in [1.54, 1.807) is 0 Å². The van der Waals surface area contributed by atoms with Crippen molar-refractivity contribution < 1.29 is 19.7 Å². The van der Waals surface area contributed by atoms with Crippen molar-refractivity contribution >= 4 is 31.2 Å². The van der Waals surface area contributed by atoms with Crippen molar-refractivity contribution in [3.63, 3.8) is 0 Å². The molecule has 0 radical (unpaired) electrons. The number of ether oxygens (including phenoxy) is 1. The highest BCUT2D eigenvalue weighted by Gasteiger charge is 2.27. The van der Waals surface area contributed by atoms with Crippen molar-refractivity contribution in [1.29, 1.82) is 0 Å². The quantitative estimate of drug-likeness (QED) is 0.237. The van der Waals surface area contributed by atoms with Crippen molar-refractivity contribution in [1.82, 2.24) is 0 Å². The number of carbonyl (C=O) groups is 1. The van der Waals surface area contributed by atoms with Gasteiger partial charge in [-0.3, -0.25) is 0 Å². The second kappa shape index (κ2) is 7.38. The third-order valence-corrected chi connectivity index (χ3v) is 2.10. The van der Waals surface area contributed by atoms with Crippen molar-refractivity contribution in [3.05, 3.63) is 0 Å². The summed E-state index contributed by atoms with van der Waals surface area (Å²) in [6.45, 7) is 1.61. The average molecular weight is 254 g/mol. The third kappa shape index (κ3) is 7.96. The summed E-state index contributed by atoms with van der Waals surface area (Å²) in [4.78, 5) is 11.2. The second-order valence-corrected chi connectivity index (χ2v) is 5.60. The fourth-order valence-electron chi connectivity index (χ4n) is 0.902. The minimum Gasteiger partial charge on any atom is -0.434 e. The minimum atomic E-state index is -1.19. The van der Waals surface area contributed by atoms with Crippen LogP contribution in [0.1, 0.15) is 32.6 Å². The van der Waals surface area contributed by atoms with Crippen LogP contribution in [0.15, 0.2) is 0 Å². The van der Waals surface area contributed by atoms with Crippen LogP contribution in [0.2, 0.25) is 0 Å². The molecule has 0 aromatic heterocycles. The van der Waals surface area contributed by atoms with Gasteiger partial charge >= 0.3 is 5.97 Å². The van der Waals surface area contributed by atoms with E-state index in [1.807, 2.05) is 0 Å². The lowest BCUT2D eigenvalue weighted by Gasteiger charge is -2.18. The molecule has 0 aromatic carbocycles. The van der Waals surface area contributed by atoms with Crippen LogP contribution in [-0.2, 0) is 9.53 Å². The van der Waals surface area contributed by atoms with Crippen LogP contribution in [0, 0.1) is 0 Å². The van der Waals surface area contributed by atoms with E-state index in [2.05, 4.69) is 25.3 Å². The molecule has 0 aliphatic carbocycles. The highest BCUT2D eigenvalue weighted by atomic mass is 32.2. The number of esters is 1. The number of hydrogen-bond acceptors (Lipinski definition) is 6. The number of hydrogen-bond donors (Lipinski definition) is 4. The Hall–Kier alpha value is 0.0900. The van der Waals surface area contributed by atoms with Gasteiger partial charge in [0.25, 0.3) is 0 Å². The molecule has 0 spiro atoms. The Kier molecular flexibility index (Phi) is 7.42. The minimum absolute atomic E-state index is 0.140. The summed E-state index contributed by atoms with van der Waals surface area (Å²) in [5, 5.41) is 17.8. The number of aliphatic hydroxyl groups excluding tert-OH is 2. The standard InChI is InChI=1S/C9H18O4S2/c1-9(14,15)8(12)13-7(11)5-3-2-4-6-10/h7,10-11,14-15H,2-6H2,1H3. The summed E-state index contributed by atoms with van der Waals surface area (Å²) in [5.74, 6) is -0.663. The molecule has 4 nitrogen and oxygen atoms in total. The Morgan fingerprint density at radius 1 is 1.40 bits per heavy atom. The first-order chi connectivity index (χ1) is 6.88. The first-order valence-electron chi connectivity index (χ1n) is 4.82. The Morgan fingerprint density at radius 3 is 2.47 bits per heavy atom. The highest BCUT2D eigenvalue weighted by molar-refractivity contribution is 8.01. The molecular weight excluding hydrogens is 236 g/mol. The number of unbranched alkanes of at least 4 members (excludes halogenated alkanes) is 2. The molecule has 15 heavy (non-hydrogen) atoms. The molecule has 1 atom stereocenters. The molecule has 0 rings (SSSR count). The van der Waals surface area contributed by atoms with E-state index < -0.39 is 16.3 Å². The van der Waals surface area contributed by atoms with Crippen molar-refractivity contribution in [2.45, 2.75) is 43.0 Å². The molecule has 90 valence electrons. The smallest absolute Gasteiger partial charge is 0.334 e. The fraction of sp³-hybridized carbons (Fsp3) is 0.889. The Balaban J connectivity index is 3.65. The molecule has 1 unspecified atom stereocenters. The van der Waals surface area contributed by atoms with Gasteiger partial charge in [-0.25, -0.2) is 4.79 Å². The maximum Gasteiger partial charge on any atom is 0.334 e. The van der Waals surface area contributed by atoms with Crippen LogP contribution in [0.5, 0.6) is 0 Å². The van der Waals surface area contributed by atoms with E-state index in [1.165, 1.54) is 6.92 Å². The molecule has 0 amide bonds. The molecular formula is C9H18O4S2. The van der Waals surface area contributed by atoms with Crippen LogP contribution in [0.3, 0.4) is 0 Å². The van der Waals surface area contributed by atoms with Crippen molar-refractivity contribution in [2.24, 2.45) is 0 Å². The molecule has 0 heterocycles. The Labute approximate surface area is 101 Å². The molecule has 0 aromatic rings. The van der Waals surface area contributed by atoms with Gasteiger partial charge in [0.15, 0.2) is 4.08 Å². The maximum atomic E-state index is 11.2. The highest BCUT2D eigenvalue weighted by Crippen LogP contribution is 2.21. The lowest BCUT2D eigenvalue weighted by Crippen LogP contribution is -2.29. The Morgan fingerprint density at radius 2 is 2.00 bits per heavy atom. The van der Waals surface area contributed by atoms with Gasteiger partial charge in [-0.05, 0) is 19.8 Å². The van der Waals surface area contributed by atoms with E-state index in [0.717, 1.165) is 6.42 Å². The van der Waals surface area contributed by atoms with E-state index in [-0.39, 0.29) is 6.61 Å². The summed E-state index contributed by atoms with van der Waals surface area (Å²) in [5.41, 5.74) is 0. The van der Waals surface area contributed by atoms with Gasteiger partial charge < -0.3 is 14.9 Å². The van der Waals surface area contributed by atoms with Crippen LogP contribution in [-0.4, -0.2) is 33.2 Å². The first kappa shape index (κ1) is 15.1. The number of thiol groups is 2. The number of carbonyl (C=O) groups excluding carboxylic acids is 1. The molecule has 0 aliphatic rings. The molecule has 0 fully saturated rings. The van der Waals surface area contributed by atoms with Gasteiger partial charge in [0, 0.05) is 13.0 Å². The van der Waals surface area contributed by atoms with Gasteiger partial charge in [-0.2, -0.15) is 25.3 Å². The predicted molar refractivity (Wildman–Crippen MR) is 64.0 cm³/mol. The third-order valence-electron chi connectivity index (χ3n) is 1.74. The average Bonchev–Trinajstić information content (AvgIpc) is 2.11. The van der Waals surface area contributed by atoms with E-state index in [0.29, 0.717) is 19.3 Å². The molecule has 0 saturated carbocycles. The fourth-order valence-corrected chi connectivity index (χ4v) is 1.01. The first-order valence-corrected chi connectivity index (χ1v) is 5.72. The zero-order valence-corrected chi connectivity index (χ0v) is 10.5. The molecule has 2 N–H and O–H groups in total. The summed E-state index contributed by atoms with van der Waals surface area (Å²) < 4.78 is 3.51. The molecule has 6 heteroatoms. The van der Waals surface area contributed by atoms with Crippen molar-refractivity contribution in [3.8, 4) is 0 Å². The molecule has 0 aliphatic heterocycles. The van der Waals surface area contributed by atoms with E-state index in [9.17, 15) is 9.90 Å². The monoisotopic (exact) mass is 254 g/mol. The van der Waals surface area contributed by atoms with Crippen LogP contribution in [0.25, 0.3) is 0 Å². The number of rotatable bonds is 7. The Bertz CT molecular complexity index is 191. The van der Waals surface area contributed by atoms with Crippen LogP contribution >= 0.6 is 25.3 Å². The maximum absolute atomic E-state index is 11.2. The van der Waals surface area contributed by atoms with Gasteiger partial charge in [0.2, 0.25) is 6.29 Å². The second-order valence-electron chi connectivity index (χ2n) is 3.45. The van der Waals surface area contributed by atoms with Gasteiger partial charge in [0.1, 0.15) is 0 Å². The summed E-state index contributed by atoms with van der Waals surface area (Å²) in [7, 11) is 0. The SMILES string of the molecule is CC(S)(S)C(=O)OC(O)CCCCCO. The van der Waals surface area contributed by atoms with Gasteiger partial charge in [-0.15, -0.1) is 0 Å². The summed E-state index contributed by atoms with van der Waals surface area (Å²) >= 11 is 7.79. The largest absolute Gasteiger partial charge is 0.434 e. The summed E-state index contributed by atoms with van der Waals surface area (Å²) in [6.07, 6.45) is 1.44. The lowest BCUT2D eigenvalue weighted by atomic mass is 10.2.